The number of hydrogen-bond acceptors (Lipinski definition) is 5. The lowest BCUT2D eigenvalue weighted by atomic mass is 10.1. The van der Waals surface area contributed by atoms with Gasteiger partial charge in [-0.15, -0.1) is 0 Å². The highest BCUT2D eigenvalue weighted by Crippen LogP contribution is 2.55. The summed E-state index contributed by atoms with van der Waals surface area (Å²) in [5.74, 6) is -4.90. The Morgan fingerprint density at radius 2 is 1.63 bits per heavy atom. The molecule has 10 heteroatoms. The zero-order valence-corrected chi connectivity index (χ0v) is 17.7. The summed E-state index contributed by atoms with van der Waals surface area (Å²) in [6.45, 7) is 0. The van der Waals surface area contributed by atoms with E-state index >= 15 is 0 Å². The van der Waals surface area contributed by atoms with Gasteiger partial charge in [0, 0.05) is 12.6 Å². The van der Waals surface area contributed by atoms with Crippen molar-refractivity contribution < 1.29 is 29.3 Å². The van der Waals surface area contributed by atoms with Crippen molar-refractivity contribution in [1.29, 1.82) is 0 Å². The maximum atomic E-state index is 13.4. The van der Waals surface area contributed by atoms with E-state index in [1.807, 2.05) is 6.07 Å². The lowest BCUT2D eigenvalue weighted by molar-refractivity contribution is -0.142. The maximum absolute atomic E-state index is 13.4. The zero-order chi connectivity index (χ0) is 22.1. The quantitative estimate of drug-likeness (QED) is 0.218. The van der Waals surface area contributed by atoms with Crippen molar-refractivity contribution in [2.75, 3.05) is 11.2 Å². The van der Waals surface area contributed by atoms with Gasteiger partial charge in [0.1, 0.15) is 5.78 Å². The predicted octanol–water partition coefficient (Wildman–Crippen LogP) is 3.49. The number of anilines is 1. The Bertz CT molecular complexity index is 912. The van der Waals surface area contributed by atoms with E-state index in [2.05, 4.69) is 5.43 Å². The standard InChI is InChI=1S/C20H23N2O6PS/c23-18(24)12-11-16(20(25)26)13-29(27,28)19(15-7-3-1-4-8-15)21-22(14-30)17-9-5-2-6-10-17/h1-10,14,16,19,21H,11-13H2,(H,23,24)(H,25,26)(H,27,28). The number of carbonyl (C=O) groups is 2. The molecule has 0 amide bonds. The number of rotatable bonds is 12. The Balaban J connectivity index is 2.35. The lowest BCUT2D eigenvalue weighted by Gasteiger charge is -2.31. The summed E-state index contributed by atoms with van der Waals surface area (Å²) in [5, 5.41) is 19.7. The smallest absolute Gasteiger partial charge is 0.307 e. The molecule has 4 N–H and O–H groups in total. The fourth-order valence-electron chi connectivity index (χ4n) is 2.93. The van der Waals surface area contributed by atoms with Crippen LogP contribution >= 0.6 is 19.6 Å². The molecular formula is C20H23N2O6PS. The van der Waals surface area contributed by atoms with E-state index < -0.39 is 43.6 Å². The van der Waals surface area contributed by atoms with Crippen LogP contribution in [0, 0.1) is 5.92 Å². The van der Waals surface area contributed by atoms with E-state index in [-0.39, 0.29) is 6.42 Å². The first-order valence-electron chi connectivity index (χ1n) is 9.11. The molecule has 0 radical (unpaired) electrons. The van der Waals surface area contributed by atoms with Crippen LogP contribution in [0.5, 0.6) is 0 Å². The van der Waals surface area contributed by atoms with Gasteiger partial charge in [-0.2, -0.15) is 0 Å². The third-order valence-electron chi connectivity index (χ3n) is 4.46. The third kappa shape index (κ3) is 6.74. The molecular weight excluding hydrogens is 427 g/mol. The SMILES string of the molecule is O=C(O)CCC(CP(=O)(O)C(NN(C=S)c1ccccc1)c1ccccc1)C(=O)O. The van der Waals surface area contributed by atoms with Crippen LogP contribution in [0.15, 0.2) is 60.7 Å². The molecule has 0 bridgehead atoms. The first kappa shape index (κ1) is 23.7. The minimum atomic E-state index is -4.17. The number of carboxylic acid groups (broad SMARTS) is 2. The number of carboxylic acids is 2. The molecule has 8 nitrogen and oxygen atoms in total. The predicted molar refractivity (Wildman–Crippen MR) is 118 cm³/mol. The van der Waals surface area contributed by atoms with E-state index in [0.717, 1.165) is 0 Å². The van der Waals surface area contributed by atoms with Crippen molar-refractivity contribution >= 4 is 42.7 Å². The molecule has 0 saturated carbocycles. The van der Waals surface area contributed by atoms with Gasteiger partial charge in [0.05, 0.1) is 17.1 Å². The average molecular weight is 450 g/mol. The van der Waals surface area contributed by atoms with Gasteiger partial charge in [-0.05, 0) is 24.1 Å². The topological polar surface area (TPSA) is 127 Å². The molecule has 0 aliphatic heterocycles. The second-order valence-corrected chi connectivity index (χ2v) is 9.26. The number of hydrogen-bond donors (Lipinski definition) is 4. The Morgan fingerprint density at radius 1 is 1.07 bits per heavy atom. The molecule has 3 unspecified atom stereocenters. The highest BCUT2D eigenvalue weighted by atomic mass is 32.1. The summed E-state index contributed by atoms with van der Waals surface area (Å²) in [4.78, 5) is 33.3. The van der Waals surface area contributed by atoms with Crippen LogP contribution in [0.4, 0.5) is 5.69 Å². The molecule has 160 valence electrons. The van der Waals surface area contributed by atoms with E-state index in [1.54, 1.807) is 54.6 Å². The minimum Gasteiger partial charge on any atom is -0.481 e. The molecule has 0 aliphatic rings. The van der Waals surface area contributed by atoms with Crippen LogP contribution in [-0.4, -0.2) is 38.7 Å². The summed E-state index contributed by atoms with van der Waals surface area (Å²) in [5.41, 5.74) is 5.33. The fraction of sp³-hybridized carbons (Fsp3) is 0.250. The van der Waals surface area contributed by atoms with Crippen LogP contribution < -0.4 is 10.4 Å². The van der Waals surface area contributed by atoms with Gasteiger partial charge < -0.3 is 15.1 Å². The van der Waals surface area contributed by atoms with E-state index in [0.29, 0.717) is 11.3 Å². The molecule has 0 fully saturated rings. The van der Waals surface area contributed by atoms with Crippen molar-refractivity contribution in [3.05, 3.63) is 66.2 Å². The van der Waals surface area contributed by atoms with Crippen LogP contribution in [0.1, 0.15) is 24.2 Å². The normalized spacial score (nSPS) is 14.8. The van der Waals surface area contributed by atoms with Gasteiger partial charge >= 0.3 is 11.9 Å². The molecule has 3 atom stereocenters. The highest BCUT2D eigenvalue weighted by molar-refractivity contribution is 7.79. The zero-order valence-electron chi connectivity index (χ0n) is 16.0. The van der Waals surface area contributed by atoms with Crippen molar-refractivity contribution in [3.8, 4) is 0 Å². The highest BCUT2D eigenvalue weighted by Gasteiger charge is 2.38. The van der Waals surface area contributed by atoms with Crippen molar-refractivity contribution in [2.45, 2.75) is 18.6 Å². The lowest BCUT2D eigenvalue weighted by Crippen LogP contribution is -2.40. The number of para-hydroxylation sites is 1. The molecule has 0 heterocycles. The van der Waals surface area contributed by atoms with E-state index in [4.69, 9.17) is 17.3 Å². The Morgan fingerprint density at radius 3 is 2.13 bits per heavy atom. The van der Waals surface area contributed by atoms with Crippen LogP contribution in [-0.2, 0) is 14.2 Å². The first-order valence-corrected chi connectivity index (χ1v) is 11.5. The van der Waals surface area contributed by atoms with Crippen molar-refractivity contribution in [2.24, 2.45) is 5.92 Å². The van der Waals surface area contributed by atoms with Gasteiger partial charge in [-0.25, -0.2) is 5.43 Å². The summed E-state index contributed by atoms with van der Waals surface area (Å²) < 4.78 is 13.4. The van der Waals surface area contributed by atoms with Gasteiger partial charge in [0.2, 0.25) is 7.37 Å². The van der Waals surface area contributed by atoms with Gasteiger partial charge in [-0.3, -0.25) is 19.2 Å². The summed E-state index contributed by atoms with van der Waals surface area (Å²) in [6, 6.07) is 17.4. The second kappa shape index (κ2) is 11.0. The van der Waals surface area contributed by atoms with Crippen molar-refractivity contribution in [3.63, 3.8) is 0 Å². The third-order valence-corrected chi connectivity index (χ3v) is 6.85. The molecule has 30 heavy (non-hydrogen) atoms. The van der Waals surface area contributed by atoms with Crippen LogP contribution in [0.3, 0.4) is 0 Å². The number of hydrazine groups is 1. The molecule has 2 rings (SSSR count). The van der Waals surface area contributed by atoms with Crippen LogP contribution in [0.2, 0.25) is 0 Å². The summed E-state index contributed by atoms with van der Waals surface area (Å²) in [6.07, 6.45) is -1.23. The fourth-order valence-corrected chi connectivity index (χ4v) is 5.24. The molecule has 0 spiro atoms. The second-order valence-electron chi connectivity index (χ2n) is 6.66. The van der Waals surface area contributed by atoms with Crippen LogP contribution in [0.25, 0.3) is 0 Å². The van der Waals surface area contributed by atoms with Gasteiger partial charge in [0.15, 0.2) is 0 Å². The maximum Gasteiger partial charge on any atom is 0.307 e. The largest absolute Gasteiger partial charge is 0.481 e. The Kier molecular flexibility index (Phi) is 8.68. The monoisotopic (exact) mass is 450 g/mol. The van der Waals surface area contributed by atoms with Gasteiger partial charge in [-0.1, -0.05) is 60.7 Å². The molecule has 0 aromatic heterocycles. The number of benzene rings is 2. The summed E-state index contributed by atoms with van der Waals surface area (Å²) in [7, 11) is -4.17. The first-order chi connectivity index (χ1) is 14.2. The Labute approximate surface area is 179 Å². The summed E-state index contributed by atoms with van der Waals surface area (Å²) >= 11 is 5.05. The number of nitrogens with zero attached hydrogens (tertiary/aromatic N) is 1. The number of aliphatic carboxylic acids is 2. The minimum absolute atomic E-state index is 0.244. The number of nitrogens with one attached hydrogen (secondary N) is 1. The molecule has 0 aliphatic carbocycles. The van der Waals surface area contributed by atoms with E-state index in [1.165, 1.54) is 10.5 Å². The molecule has 2 aromatic carbocycles. The number of thiocarbonyl (C=S) groups is 1. The molecule has 0 saturated heterocycles. The van der Waals surface area contributed by atoms with Crippen molar-refractivity contribution in [1.82, 2.24) is 5.43 Å². The van der Waals surface area contributed by atoms with Gasteiger partial charge in [0.25, 0.3) is 0 Å². The Hall–Kier alpha value is -2.58. The van der Waals surface area contributed by atoms with E-state index in [9.17, 15) is 24.2 Å². The molecule has 2 aromatic rings. The average Bonchev–Trinajstić information content (AvgIpc) is 2.72.